The fourth-order valence-corrected chi connectivity index (χ4v) is 1.50. The molecule has 0 aromatic carbocycles. The Morgan fingerprint density at radius 1 is 1.50 bits per heavy atom. The molecule has 2 aromatic rings. The Labute approximate surface area is 99.2 Å². The molecule has 0 saturated carbocycles. The van der Waals surface area contributed by atoms with Crippen LogP contribution in [-0.2, 0) is 10.9 Å². The zero-order chi connectivity index (χ0) is 13.3. The first-order valence-corrected chi connectivity index (χ1v) is 5.02. The molecule has 2 rings (SSSR count). The average molecular weight is 259 g/mol. The van der Waals surface area contributed by atoms with Crippen molar-refractivity contribution in [1.82, 2.24) is 14.6 Å². The molecule has 0 spiro atoms. The number of halogens is 3. The van der Waals surface area contributed by atoms with Gasteiger partial charge in [-0.2, -0.15) is 18.3 Å². The van der Waals surface area contributed by atoms with E-state index in [9.17, 15) is 18.0 Å². The summed E-state index contributed by atoms with van der Waals surface area (Å²) < 4.78 is 44.0. The highest BCUT2D eigenvalue weighted by atomic mass is 19.4. The van der Waals surface area contributed by atoms with E-state index in [0.717, 1.165) is 6.20 Å². The number of hydrogen-bond donors (Lipinski definition) is 0. The standard InChI is InChI=1S/C10H8F3N3O2/c1-2-18-9(17)6-5-14-7-3-4-15-16(7)8(6)10(11,12)13/h3-5H,2H2,1H3. The SMILES string of the molecule is CCOC(=O)c1cnc2ccnn2c1C(F)(F)F. The van der Waals surface area contributed by atoms with Crippen molar-refractivity contribution in [2.24, 2.45) is 0 Å². The van der Waals surface area contributed by atoms with Gasteiger partial charge in [-0.05, 0) is 6.92 Å². The summed E-state index contributed by atoms with van der Waals surface area (Å²) in [4.78, 5) is 15.2. The fourth-order valence-electron chi connectivity index (χ4n) is 1.50. The van der Waals surface area contributed by atoms with Crippen LogP contribution >= 0.6 is 0 Å². The summed E-state index contributed by atoms with van der Waals surface area (Å²) in [7, 11) is 0. The van der Waals surface area contributed by atoms with E-state index in [1.807, 2.05) is 0 Å². The van der Waals surface area contributed by atoms with Crippen LogP contribution in [0.25, 0.3) is 5.65 Å². The molecule has 0 aliphatic rings. The van der Waals surface area contributed by atoms with E-state index < -0.39 is 23.4 Å². The number of fused-ring (bicyclic) bond motifs is 1. The molecule has 96 valence electrons. The predicted molar refractivity (Wildman–Crippen MR) is 53.9 cm³/mol. The summed E-state index contributed by atoms with van der Waals surface area (Å²) >= 11 is 0. The van der Waals surface area contributed by atoms with Gasteiger partial charge in [0.1, 0.15) is 5.56 Å². The molecule has 2 aromatic heterocycles. The maximum absolute atomic E-state index is 13.0. The highest BCUT2D eigenvalue weighted by Crippen LogP contribution is 2.32. The second kappa shape index (κ2) is 4.28. The van der Waals surface area contributed by atoms with Crippen molar-refractivity contribution < 1.29 is 22.7 Å². The third-order valence-electron chi connectivity index (χ3n) is 2.18. The highest BCUT2D eigenvalue weighted by molar-refractivity contribution is 5.90. The van der Waals surface area contributed by atoms with Crippen LogP contribution in [0.5, 0.6) is 0 Å². The van der Waals surface area contributed by atoms with Crippen LogP contribution in [0.15, 0.2) is 18.5 Å². The Morgan fingerprint density at radius 2 is 2.22 bits per heavy atom. The lowest BCUT2D eigenvalue weighted by Gasteiger charge is -2.12. The zero-order valence-electron chi connectivity index (χ0n) is 9.23. The number of rotatable bonds is 2. The maximum atomic E-state index is 13.0. The quantitative estimate of drug-likeness (QED) is 0.773. The van der Waals surface area contributed by atoms with Crippen LogP contribution < -0.4 is 0 Å². The van der Waals surface area contributed by atoms with Gasteiger partial charge in [0.15, 0.2) is 11.3 Å². The van der Waals surface area contributed by atoms with E-state index in [1.54, 1.807) is 0 Å². The van der Waals surface area contributed by atoms with Crippen LogP contribution in [0.2, 0.25) is 0 Å². The topological polar surface area (TPSA) is 56.5 Å². The third-order valence-corrected chi connectivity index (χ3v) is 2.18. The van der Waals surface area contributed by atoms with Crippen molar-refractivity contribution in [2.75, 3.05) is 6.61 Å². The lowest BCUT2D eigenvalue weighted by molar-refractivity contribution is -0.143. The smallest absolute Gasteiger partial charge is 0.434 e. The monoisotopic (exact) mass is 259 g/mol. The van der Waals surface area contributed by atoms with Gasteiger partial charge in [-0.1, -0.05) is 0 Å². The van der Waals surface area contributed by atoms with Crippen LogP contribution in [0.1, 0.15) is 23.0 Å². The summed E-state index contributed by atoms with van der Waals surface area (Å²) in [6, 6.07) is 1.31. The Hall–Kier alpha value is -2.12. The van der Waals surface area contributed by atoms with Gasteiger partial charge < -0.3 is 4.74 Å². The lowest BCUT2D eigenvalue weighted by Crippen LogP contribution is -2.20. The Balaban J connectivity index is 2.69. The van der Waals surface area contributed by atoms with Gasteiger partial charge in [0.25, 0.3) is 0 Å². The summed E-state index contributed by atoms with van der Waals surface area (Å²) in [6.07, 6.45) is -2.71. The number of ether oxygens (including phenoxy) is 1. The molecule has 0 aliphatic carbocycles. The first-order valence-electron chi connectivity index (χ1n) is 5.02. The van der Waals surface area contributed by atoms with Crippen molar-refractivity contribution in [3.8, 4) is 0 Å². The molecule has 0 aliphatic heterocycles. The lowest BCUT2D eigenvalue weighted by atomic mass is 10.2. The van der Waals surface area contributed by atoms with Crippen molar-refractivity contribution in [3.63, 3.8) is 0 Å². The second-order valence-electron chi connectivity index (χ2n) is 3.34. The molecule has 2 heterocycles. The van der Waals surface area contributed by atoms with Gasteiger partial charge in [0.05, 0.1) is 12.8 Å². The molecule has 0 atom stereocenters. The third kappa shape index (κ3) is 2.01. The van der Waals surface area contributed by atoms with Crippen molar-refractivity contribution >= 4 is 11.6 Å². The van der Waals surface area contributed by atoms with Crippen LogP contribution in [0, 0.1) is 0 Å². The number of aromatic nitrogens is 3. The molecular weight excluding hydrogens is 251 g/mol. The number of hydrogen-bond acceptors (Lipinski definition) is 4. The Bertz CT molecular complexity index is 592. The first-order chi connectivity index (χ1) is 8.45. The molecule has 18 heavy (non-hydrogen) atoms. The minimum atomic E-state index is -4.73. The summed E-state index contributed by atoms with van der Waals surface area (Å²) in [5.74, 6) is -1.07. The molecule has 0 N–H and O–H groups in total. The average Bonchev–Trinajstić information content (AvgIpc) is 2.74. The molecular formula is C10H8F3N3O2. The summed E-state index contributed by atoms with van der Waals surface area (Å²) in [5.41, 5.74) is -1.83. The molecule has 5 nitrogen and oxygen atoms in total. The van der Waals surface area contributed by atoms with Gasteiger partial charge in [-0.15, -0.1) is 0 Å². The second-order valence-corrected chi connectivity index (χ2v) is 3.34. The van der Waals surface area contributed by atoms with E-state index in [4.69, 9.17) is 0 Å². The molecule has 0 unspecified atom stereocenters. The summed E-state index contributed by atoms with van der Waals surface area (Å²) in [6.45, 7) is 1.48. The number of carbonyl (C=O) groups is 1. The minimum absolute atomic E-state index is 0.00961. The van der Waals surface area contributed by atoms with Gasteiger partial charge in [0, 0.05) is 12.3 Å². The van der Waals surface area contributed by atoms with E-state index in [-0.39, 0.29) is 12.3 Å². The minimum Gasteiger partial charge on any atom is -0.462 e. The van der Waals surface area contributed by atoms with Crippen LogP contribution in [0.3, 0.4) is 0 Å². The van der Waals surface area contributed by atoms with Crippen molar-refractivity contribution in [1.29, 1.82) is 0 Å². The van der Waals surface area contributed by atoms with Gasteiger partial charge in [-0.25, -0.2) is 14.3 Å². The molecule has 0 amide bonds. The molecule has 0 fully saturated rings. The molecule has 0 saturated heterocycles. The molecule has 0 bridgehead atoms. The largest absolute Gasteiger partial charge is 0.462 e. The predicted octanol–water partition coefficient (Wildman–Crippen LogP) is 1.92. The van der Waals surface area contributed by atoms with E-state index in [0.29, 0.717) is 4.52 Å². The Kier molecular flexibility index (Phi) is 2.93. The molecule has 8 heteroatoms. The molecule has 0 radical (unpaired) electrons. The van der Waals surface area contributed by atoms with Gasteiger partial charge in [0.2, 0.25) is 0 Å². The number of carbonyl (C=O) groups excluding carboxylic acids is 1. The number of esters is 1. The van der Waals surface area contributed by atoms with Crippen molar-refractivity contribution in [2.45, 2.75) is 13.1 Å². The van der Waals surface area contributed by atoms with Crippen molar-refractivity contribution in [3.05, 3.63) is 29.7 Å². The highest BCUT2D eigenvalue weighted by Gasteiger charge is 2.39. The summed E-state index contributed by atoms with van der Waals surface area (Å²) in [5, 5.41) is 3.51. The zero-order valence-corrected chi connectivity index (χ0v) is 9.23. The number of nitrogens with zero attached hydrogens (tertiary/aromatic N) is 3. The normalized spacial score (nSPS) is 11.8. The van der Waals surface area contributed by atoms with Crippen LogP contribution in [0.4, 0.5) is 13.2 Å². The number of alkyl halides is 3. The first kappa shape index (κ1) is 12.3. The van der Waals surface area contributed by atoms with E-state index >= 15 is 0 Å². The fraction of sp³-hybridized carbons (Fsp3) is 0.300. The van der Waals surface area contributed by atoms with Crippen LogP contribution in [-0.4, -0.2) is 27.2 Å². The Morgan fingerprint density at radius 3 is 2.83 bits per heavy atom. The van der Waals surface area contributed by atoms with E-state index in [1.165, 1.54) is 19.2 Å². The maximum Gasteiger partial charge on any atom is 0.434 e. The van der Waals surface area contributed by atoms with Gasteiger partial charge in [-0.3, -0.25) is 0 Å². The van der Waals surface area contributed by atoms with Gasteiger partial charge >= 0.3 is 12.1 Å². The van der Waals surface area contributed by atoms with E-state index in [2.05, 4.69) is 14.8 Å².